The molecule has 0 heterocycles. The summed E-state index contributed by atoms with van der Waals surface area (Å²) in [4.78, 5) is 0. The molecule has 4 atom stereocenters. The zero-order chi connectivity index (χ0) is 14.7. The molecule has 0 aromatic heterocycles. The van der Waals surface area contributed by atoms with Gasteiger partial charge in [-0.3, -0.25) is 0 Å². The molecule has 4 aliphatic rings. The first-order valence-corrected chi connectivity index (χ1v) is 8.85. The number of allylic oxidation sites excluding steroid dienone is 4. The first kappa shape index (κ1) is 14.0. The molecule has 0 saturated heterocycles. The van der Waals surface area contributed by atoms with E-state index in [0.29, 0.717) is 17.3 Å². The van der Waals surface area contributed by atoms with Crippen molar-refractivity contribution in [1.29, 1.82) is 0 Å². The summed E-state index contributed by atoms with van der Waals surface area (Å²) in [6, 6.07) is 0. The molecule has 4 aliphatic carbocycles. The lowest BCUT2D eigenvalue weighted by molar-refractivity contribution is -0.159. The maximum Gasteiger partial charge on any atom is 0.157 e. The monoisotopic (exact) mass is 288 g/mol. The third kappa shape index (κ3) is 1.78. The van der Waals surface area contributed by atoms with Crippen molar-refractivity contribution in [3.8, 4) is 0 Å². The molecule has 0 aromatic rings. The average molecular weight is 288 g/mol. The predicted octanol–water partition coefficient (Wildman–Crippen LogP) is 3.94. The van der Waals surface area contributed by atoms with Crippen LogP contribution in [-0.2, 0) is 0 Å². The Morgan fingerprint density at radius 1 is 1.00 bits per heavy atom. The van der Waals surface area contributed by atoms with Gasteiger partial charge in [0, 0.05) is 5.41 Å². The van der Waals surface area contributed by atoms with Gasteiger partial charge in [0.25, 0.3) is 0 Å². The van der Waals surface area contributed by atoms with Crippen LogP contribution in [0, 0.1) is 22.7 Å². The zero-order valence-electron chi connectivity index (χ0n) is 13.1. The van der Waals surface area contributed by atoms with Crippen LogP contribution in [-0.4, -0.2) is 16.5 Å². The molecule has 0 aromatic carbocycles. The summed E-state index contributed by atoms with van der Waals surface area (Å²) in [7, 11) is 0. The highest BCUT2D eigenvalue weighted by molar-refractivity contribution is 5.38. The predicted molar refractivity (Wildman–Crippen MR) is 83.5 cm³/mol. The Labute approximate surface area is 127 Å². The molecular weight excluding hydrogens is 260 g/mol. The van der Waals surface area contributed by atoms with Gasteiger partial charge >= 0.3 is 0 Å². The quantitative estimate of drug-likeness (QED) is 0.717. The van der Waals surface area contributed by atoms with Gasteiger partial charge in [0.05, 0.1) is 0 Å². The van der Waals surface area contributed by atoms with Crippen LogP contribution >= 0.6 is 0 Å². The first-order chi connectivity index (χ1) is 10.1. The van der Waals surface area contributed by atoms with Crippen molar-refractivity contribution in [1.82, 2.24) is 0 Å². The lowest BCUT2D eigenvalue weighted by atomic mass is 9.51. The van der Waals surface area contributed by atoms with Gasteiger partial charge in [-0.25, -0.2) is 0 Å². The maximum atomic E-state index is 10.0. The third-order valence-corrected chi connectivity index (χ3v) is 7.42. The minimum absolute atomic E-state index is 0.237. The van der Waals surface area contributed by atoms with Gasteiger partial charge in [0.15, 0.2) is 6.29 Å². The molecule has 0 bridgehead atoms. The van der Waals surface area contributed by atoms with Gasteiger partial charge < -0.3 is 10.2 Å². The van der Waals surface area contributed by atoms with Crippen molar-refractivity contribution in [2.45, 2.75) is 71.0 Å². The van der Waals surface area contributed by atoms with E-state index >= 15 is 0 Å². The lowest BCUT2D eigenvalue weighted by Gasteiger charge is -2.54. The Balaban J connectivity index is 1.75. The SMILES string of the molecule is C[C@]12CCCCC1=CC=C1[C@@H]3CCC[C@@]3(C(O)O)CC[C@@H]12. The Morgan fingerprint density at radius 2 is 1.86 bits per heavy atom. The van der Waals surface area contributed by atoms with Crippen molar-refractivity contribution in [2.24, 2.45) is 22.7 Å². The second-order valence-electron chi connectivity index (χ2n) is 8.13. The fraction of sp³-hybridized carbons (Fsp3) is 0.789. The van der Waals surface area contributed by atoms with E-state index in [2.05, 4.69) is 19.1 Å². The van der Waals surface area contributed by atoms with E-state index in [4.69, 9.17) is 0 Å². The lowest BCUT2D eigenvalue weighted by Crippen LogP contribution is -2.48. The van der Waals surface area contributed by atoms with Crippen molar-refractivity contribution in [3.05, 3.63) is 23.3 Å². The molecule has 0 amide bonds. The number of hydrogen-bond acceptors (Lipinski definition) is 2. The topological polar surface area (TPSA) is 40.5 Å². The van der Waals surface area contributed by atoms with Crippen LogP contribution < -0.4 is 0 Å². The van der Waals surface area contributed by atoms with Crippen molar-refractivity contribution in [2.75, 3.05) is 0 Å². The normalized spacial score (nSPS) is 45.5. The van der Waals surface area contributed by atoms with E-state index in [1.54, 1.807) is 11.1 Å². The molecule has 4 rings (SSSR count). The number of rotatable bonds is 1. The summed E-state index contributed by atoms with van der Waals surface area (Å²) in [6.07, 6.45) is 14.4. The van der Waals surface area contributed by atoms with Gasteiger partial charge in [-0.05, 0) is 62.2 Å². The Hall–Kier alpha value is -0.600. The van der Waals surface area contributed by atoms with Crippen LogP contribution in [0.25, 0.3) is 0 Å². The van der Waals surface area contributed by atoms with Crippen LogP contribution in [0.2, 0.25) is 0 Å². The largest absolute Gasteiger partial charge is 0.368 e. The maximum absolute atomic E-state index is 10.0. The Bertz CT molecular complexity index is 504. The fourth-order valence-corrected chi connectivity index (χ4v) is 6.20. The molecule has 2 N–H and O–H groups in total. The van der Waals surface area contributed by atoms with Crippen molar-refractivity contribution < 1.29 is 10.2 Å². The van der Waals surface area contributed by atoms with E-state index in [-0.39, 0.29) is 5.41 Å². The summed E-state index contributed by atoms with van der Waals surface area (Å²) in [5.74, 6) is 1.07. The summed E-state index contributed by atoms with van der Waals surface area (Å²) < 4.78 is 0. The minimum Gasteiger partial charge on any atom is -0.368 e. The molecule has 116 valence electrons. The number of fused-ring (bicyclic) bond motifs is 5. The molecule has 3 saturated carbocycles. The smallest absolute Gasteiger partial charge is 0.157 e. The van der Waals surface area contributed by atoms with E-state index in [0.717, 1.165) is 32.1 Å². The molecule has 3 fully saturated rings. The van der Waals surface area contributed by atoms with Crippen molar-refractivity contribution >= 4 is 0 Å². The molecule has 0 aliphatic heterocycles. The number of aliphatic hydroxyl groups is 2. The van der Waals surface area contributed by atoms with Gasteiger partial charge in [0.1, 0.15) is 0 Å². The molecule has 0 radical (unpaired) electrons. The molecule has 2 nitrogen and oxygen atoms in total. The molecule has 2 heteroatoms. The summed E-state index contributed by atoms with van der Waals surface area (Å²) in [5.41, 5.74) is 3.34. The van der Waals surface area contributed by atoms with Crippen LogP contribution in [0.3, 0.4) is 0 Å². The molecule has 21 heavy (non-hydrogen) atoms. The minimum atomic E-state index is -1.14. The number of aliphatic hydroxyl groups excluding tert-OH is 1. The van der Waals surface area contributed by atoms with Crippen LogP contribution in [0.1, 0.15) is 64.7 Å². The second-order valence-corrected chi connectivity index (χ2v) is 8.13. The Kier molecular flexibility index (Phi) is 3.14. The molecule has 0 spiro atoms. The Morgan fingerprint density at radius 3 is 2.67 bits per heavy atom. The van der Waals surface area contributed by atoms with E-state index in [1.807, 2.05) is 0 Å². The summed E-state index contributed by atoms with van der Waals surface area (Å²) >= 11 is 0. The fourth-order valence-electron chi connectivity index (χ4n) is 6.20. The standard InChI is InChI=1S/C19H28O2/c1-18-10-3-2-5-13(18)7-8-14-15(18)9-12-19(17(20)21)11-4-6-16(14)19/h7-8,15-17,20-21H,2-6,9-12H2,1H3/t15-,16-,18-,19+/m0/s1. The van der Waals surface area contributed by atoms with Crippen LogP contribution in [0.5, 0.6) is 0 Å². The third-order valence-electron chi connectivity index (χ3n) is 7.42. The van der Waals surface area contributed by atoms with Gasteiger partial charge in [-0.15, -0.1) is 0 Å². The van der Waals surface area contributed by atoms with Gasteiger partial charge in [0.2, 0.25) is 0 Å². The molecular formula is C19H28O2. The van der Waals surface area contributed by atoms with Gasteiger partial charge in [-0.1, -0.05) is 43.1 Å². The second kappa shape index (κ2) is 4.70. The highest BCUT2D eigenvalue weighted by atomic mass is 16.5. The molecule has 0 unspecified atom stereocenters. The number of hydrogen-bond donors (Lipinski definition) is 2. The first-order valence-electron chi connectivity index (χ1n) is 8.85. The summed E-state index contributed by atoms with van der Waals surface area (Å²) in [5, 5.41) is 20.1. The van der Waals surface area contributed by atoms with Crippen LogP contribution in [0.4, 0.5) is 0 Å². The zero-order valence-corrected chi connectivity index (χ0v) is 13.1. The highest BCUT2D eigenvalue weighted by Crippen LogP contribution is 2.64. The van der Waals surface area contributed by atoms with E-state index in [9.17, 15) is 10.2 Å². The van der Waals surface area contributed by atoms with E-state index < -0.39 is 6.29 Å². The highest BCUT2D eigenvalue weighted by Gasteiger charge is 2.56. The summed E-state index contributed by atoms with van der Waals surface area (Å²) in [6.45, 7) is 2.48. The van der Waals surface area contributed by atoms with Crippen molar-refractivity contribution in [3.63, 3.8) is 0 Å². The van der Waals surface area contributed by atoms with E-state index in [1.165, 1.54) is 25.7 Å². The average Bonchev–Trinajstić information content (AvgIpc) is 2.92. The van der Waals surface area contributed by atoms with Gasteiger partial charge in [-0.2, -0.15) is 0 Å². The van der Waals surface area contributed by atoms with Crippen LogP contribution in [0.15, 0.2) is 23.3 Å².